The molecule has 0 bridgehead atoms. The Morgan fingerprint density at radius 2 is 2.31 bits per heavy atom. The van der Waals surface area contributed by atoms with Gasteiger partial charge in [-0.3, -0.25) is 4.79 Å². The van der Waals surface area contributed by atoms with Crippen molar-refractivity contribution in [3.8, 4) is 0 Å². The first kappa shape index (κ1) is 12.8. The summed E-state index contributed by atoms with van der Waals surface area (Å²) in [5.74, 6) is 0.113. The van der Waals surface area contributed by atoms with Crippen molar-refractivity contribution in [1.82, 2.24) is 15.2 Å². The Hall–Kier alpha value is -1.29. The molecule has 1 atom stereocenters. The van der Waals surface area contributed by atoms with E-state index in [1.807, 2.05) is 43.8 Å². The standard InChI is InChI=1S/C12H21N3O/c1-4-13-8-10(2)12(16)14-9-11-6-5-7-15(11)3/h5-7,10,13H,4,8-9H2,1-3H3,(H,14,16). The fourth-order valence-electron chi connectivity index (χ4n) is 1.49. The van der Waals surface area contributed by atoms with E-state index in [1.54, 1.807) is 0 Å². The van der Waals surface area contributed by atoms with Crippen molar-refractivity contribution in [2.45, 2.75) is 20.4 Å². The van der Waals surface area contributed by atoms with Crippen LogP contribution in [0.1, 0.15) is 19.5 Å². The first-order valence-electron chi connectivity index (χ1n) is 5.73. The quantitative estimate of drug-likeness (QED) is 0.752. The van der Waals surface area contributed by atoms with E-state index in [4.69, 9.17) is 0 Å². The summed E-state index contributed by atoms with van der Waals surface area (Å²) >= 11 is 0. The number of hydrogen-bond acceptors (Lipinski definition) is 2. The van der Waals surface area contributed by atoms with Crippen LogP contribution in [0.4, 0.5) is 0 Å². The number of aromatic nitrogens is 1. The van der Waals surface area contributed by atoms with Gasteiger partial charge in [-0.15, -0.1) is 0 Å². The fraction of sp³-hybridized carbons (Fsp3) is 0.583. The van der Waals surface area contributed by atoms with Crippen LogP contribution >= 0.6 is 0 Å². The summed E-state index contributed by atoms with van der Waals surface area (Å²) in [7, 11) is 1.98. The van der Waals surface area contributed by atoms with E-state index >= 15 is 0 Å². The van der Waals surface area contributed by atoms with E-state index < -0.39 is 0 Å². The van der Waals surface area contributed by atoms with Crippen LogP contribution in [0, 0.1) is 5.92 Å². The molecule has 1 heterocycles. The lowest BCUT2D eigenvalue weighted by Gasteiger charge is -2.12. The third kappa shape index (κ3) is 3.70. The van der Waals surface area contributed by atoms with Gasteiger partial charge >= 0.3 is 0 Å². The number of nitrogens with one attached hydrogen (secondary N) is 2. The molecule has 90 valence electrons. The molecule has 0 radical (unpaired) electrons. The first-order valence-corrected chi connectivity index (χ1v) is 5.73. The Kier molecular flexibility index (Phi) is 5.05. The summed E-state index contributed by atoms with van der Waals surface area (Å²) in [6, 6.07) is 3.98. The van der Waals surface area contributed by atoms with Gasteiger partial charge in [0.05, 0.1) is 6.54 Å². The highest BCUT2D eigenvalue weighted by molar-refractivity contribution is 5.78. The molecule has 2 N–H and O–H groups in total. The molecular weight excluding hydrogens is 202 g/mol. The second-order valence-corrected chi connectivity index (χ2v) is 4.04. The number of hydrogen-bond donors (Lipinski definition) is 2. The molecule has 0 saturated carbocycles. The van der Waals surface area contributed by atoms with Crippen LogP contribution in [-0.2, 0) is 18.4 Å². The predicted octanol–water partition coefficient (Wildman–Crippen LogP) is 0.887. The molecular formula is C12H21N3O. The molecule has 0 fully saturated rings. The van der Waals surface area contributed by atoms with Crippen LogP contribution in [0.3, 0.4) is 0 Å². The molecule has 0 aliphatic carbocycles. The molecule has 0 aromatic carbocycles. The minimum absolute atomic E-state index is 0.0141. The van der Waals surface area contributed by atoms with E-state index in [2.05, 4.69) is 10.6 Å². The van der Waals surface area contributed by atoms with E-state index in [1.165, 1.54) is 0 Å². The van der Waals surface area contributed by atoms with E-state index in [-0.39, 0.29) is 11.8 Å². The highest BCUT2D eigenvalue weighted by Gasteiger charge is 2.11. The molecule has 4 nitrogen and oxygen atoms in total. The number of nitrogens with zero attached hydrogens (tertiary/aromatic N) is 1. The zero-order chi connectivity index (χ0) is 12.0. The van der Waals surface area contributed by atoms with Gasteiger partial charge in [-0.25, -0.2) is 0 Å². The number of amides is 1. The SMILES string of the molecule is CCNCC(C)C(=O)NCc1cccn1C. The highest BCUT2D eigenvalue weighted by Crippen LogP contribution is 2.00. The van der Waals surface area contributed by atoms with Gasteiger partial charge in [0.15, 0.2) is 0 Å². The maximum absolute atomic E-state index is 11.7. The molecule has 1 unspecified atom stereocenters. The predicted molar refractivity (Wildman–Crippen MR) is 65.0 cm³/mol. The Balaban J connectivity index is 2.32. The molecule has 0 spiro atoms. The van der Waals surface area contributed by atoms with Crippen molar-refractivity contribution >= 4 is 5.91 Å². The summed E-state index contributed by atoms with van der Waals surface area (Å²) in [5.41, 5.74) is 1.11. The lowest BCUT2D eigenvalue weighted by atomic mass is 10.1. The topological polar surface area (TPSA) is 46.1 Å². The summed E-state index contributed by atoms with van der Waals surface area (Å²) in [6.07, 6.45) is 1.98. The second kappa shape index (κ2) is 6.33. The van der Waals surface area contributed by atoms with Gasteiger partial charge in [-0.1, -0.05) is 13.8 Å². The van der Waals surface area contributed by atoms with Crippen LogP contribution in [0.15, 0.2) is 18.3 Å². The molecule has 0 aliphatic rings. The zero-order valence-corrected chi connectivity index (χ0v) is 10.3. The highest BCUT2D eigenvalue weighted by atomic mass is 16.1. The molecule has 16 heavy (non-hydrogen) atoms. The number of aryl methyl sites for hydroxylation is 1. The molecule has 1 aromatic rings. The Morgan fingerprint density at radius 1 is 1.56 bits per heavy atom. The average molecular weight is 223 g/mol. The van der Waals surface area contributed by atoms with Gasteiger partial charge in [0.2, 0.25) is 5.91 Å². The third-order valence-electron chi connectivity index (χ3n) is 2.64. The van der Waals surface area contributed by atoms with Crippen LogP contribution in [0.5, 0.6) is 0 Å². The zero-order valence-electron chi connectivity index (χ0n) is 10.3. The summed E-state index contributed by atoms with van der Waals surface area (Å²) < 4.78 is 2.01. The van der Waals surface area contributed by atoms with Crippen molar-refractivity contribution in [3.05, 3.63) is 24.0 Å². The van der Waals surface area contributed by atoms with Gasteiger partial charge in [0.25, 0.3) is 0 Å². The Labute approximate surface area is 97.0 Å². The lowest BCUT2D eigenvalue weighted by Crippen LogP contribution is -2.35. The summed E-state index contributed by atoms with van der Waals surface area (Å²) in [5, 5.41) is 6.10. The van der Waals surface area contributed by atoms with Crippen molar-refractivity contribution in [1.29, 1.82) is 0 Å². The van der Waals surface area contributed by atoms with Crippen LogP contribution < -0.4 is 10.6 Å². The second-order valence-electron chi connectivity index (χ2n) is 4.04. The van der Waals surface area contributed by atoms with Crippen molar-refractivity contribution in [2.24, 2.45) is 13.0 Å². The largest absolute Gasteiger partial charge is 0.353 e. The van der Waals surface area contributed by atoms with Gasteiger partial charge in [-0.2, -0.15) is 0 Å². The normalized spacial score (nSPS) is 12.4. The lowest BCUT2D eigenvalue weighted by molar-refractivity contribution is -0.124. The van der Waals surface area contributed by atoms with Crippen LogP contribution in [0.2, 0.25) is 0 Å². The molecule has 1 aromatic heterocycles. The monoisotopic (exact) mass is 223 g/mol. The van der Waals surface area contributed by atoms with E-state index in [0.29, 0.717) is 6.54 Å². The molecule has 0 aliphatic heterocycles. The average Bonchev–Trinajstić information content (AvgIpc) is 2.68. The molecule has 4 heteroatoms. The summed E-state index contributed by atoms with van der Waals surface area (Å²) in [4.78, 5) is 11.7. The minimum atomic E-state index is 0.0141. The van der Waals surface area contributed by atoms with E-state index in [9.17, 15) is 4.79 Å². The summed E-state index contributed by atoms with van der Waals surface area (Å²) in [6.45, 7) is 6.20. The maximum Gasteiger partial charge on any atom is 0.224 e. The molecule has 1 amide bonds. The number of carbonyl (C=O) groups is 1. The van der Waals surface area contributed by atoms with Gasteiger partial charge in [-0.05, 0) is 18.7 Å². The van der Waals surface area contributed by atoms with Crippen LogP contribution in [-0.4, -0.2) is 23.6 Å². The minimum Gasteiger partial charge on any atom is -0.353 e. The number of rotatable bonds is 6. The van der Waals surface area contributed by atoms with Crippen molar-refractivity contribution in [2.75, 3.05) is 13.1 Å². The van der Waals surface area contributed by atoms with Crippen molar-refractivity contribution < 1.29 is 4.79 Å². The van der Waals surface area contributed by atoms with Gasteiger partial charge in [0.1, 0.15) is 0 Å². The van der Waals surface area contributed by atoms with Gasteiger partial charge in [0, 0.05) is 31.4 Å². The third-order valence-corrected chi connectivity index (χ3v) is 2.64. The van der Waals surface area contributed by atoms with Crippen molar-refractivity contribution in [3.63, 3.8) is 0 Å². The first-order chi connectivity index (χ1) is 7.65. The Bertz CT molecular complexity index is 333. The maximum atomic E-state index is 11.7. The number of carbonyl (C=O) groups excluding carboxylic acids is 1. The van der Waals surface area contributed by atoms with Crippen LogP contribution in [0.25, 0.3) is 0 Å². The molecule has 0 saturated heterocycles. The van der Waals surface area contributed by atoms with E-state index in [0.717, 1.165) is 18.8 Å². The smallest absolute Gasteiger partial charge is 0.224 e. The van der Waals surface area contributed by atoms with Gasteiger partial charge < -0.3 is 15.2 Å². The Morgan fingerprint density at radius 3 is 2.88 bits per heavy atom. The molecule has 1 rings (SSSR count). The fourth-order valence-corrected chi connectivity index (χ4v) is 1.49.